The molecule has 5 rings (SSSR count). The number of hydrogen-bond donors (Lipinski definition) is 0. The zero-order valence-corrected chi connectivity index (χ0v) is 17.1. The van der Waals surface area contributed by atoms with Crippen molar-refractivity contribution in [3.63, 3.8) is 0 Å². The third-order valence-electron chi connectivity index (χ3n) is 7.00. The second-order valence-electron chi connectivity index (χ2n) is 8.32. The van der Waals surface area contributed by atoms with Crippen LogP contribution in [0.25, 0.3) is 0 Å². The number of carbonyl (C=O) groups is 1. The van der Waals surface area contributed by atoms with Crippen molar-refractivity contribution in [1.29, 1.82) is 0 Å². The van der Waals surface area contributed by atoms with Crippen molar-refractivity contribution in [2.24, 2.45) is 5.41 Å². The number of nitrogens with zero attached hydrogens (tertiary/aromatic N) is 1. The van der Waals surface area contributed by atoms with Gasteiger partial charge in [0.15, 0.2) is 0 Å². The van der Waals surface area contributed by atoms with E-state index >= 15 is 0 Å². The van der Waals surface area contributed by atoms with E-state index in [1.165, 1.54) is 20.0 Å². The largest absolute Gasteiger partial charge is 0.468 e. The van der Waals surface area contributed by atoms with E-state index < -0.39 is 4.75 Å². The van der Waals surface area contributed by atoms with Gasteiger partial charge in [-0.1, -0.05) is 18.2 Å². The predicted molar refractivity (Wildman–Crippen MR) is 110 cm³/mol. The van der Waals surface area contributed by atoms with Crippen LogP contribution in [0.5, 0.6) is 11.5 Å². The van der Waals surface area contributed by atoms with Gasteiger partial charge in [-0.2, -0.15) is 0 Å². The van der Waals surface area contributed by atoms with E-state index in [0.717, 1.165) is 29.2 Å². The summed E-state index contributed by atoms with van der Waals surface area (Å²) < 4.78 is 10.7. The summed E-state index contributed by atoms with van der Waals surface area (Å²) in [7, 11) is 3.72. The molecule has 4 nitrogen and oxygen atoms in total. The fourth-order valence-electron chi connectivity index (χ4n) is 5.66. The molecule has 3 fully saturated rings. The third kappa shape index (κ3) is 2.60. The van der Waals surface area contributed by atoms with Crippen LogP contribution in [0.3, 0.4) is 0 Å². The molecule has 0 radical (unpaired) electrons. The molecular weight excluding hydrogens is 370 g/mol. The number of thioether (sulfide) groups is 1. The lowest BCUT2D eigenvalue weighted by atomic mass is 9.53. The maximum absolute atomic E-state index is 12.9. The molecule has 1 heterocycles. The van der Waals surface area contributed by atoms with Gasteiger partial charge >= 0.3 is 5.97 Å². The highest BCUT2D eigenvalue weighted by atomic mass is 32.2. The first-order valence-corrected chi connectivity index (χ1v) is 10.7. The highest BCUT2D eigenvalue weighted by Crippen LogP contribution is 2.69. The number of rotatable bonds is 5. The number of ether oxygens (including phenoxy) is 2. The van der Waals surface area contributed by atoms with E-state index in [-0.39, 0.29) is 5.97 Å². The summed E-state index contributed by atoms with van der Waals surface area (Å²) in [6.45, 7) is 0. The summed E-state index contributed by atoms with van der Waals surface area (Å²) >= 11 is 1.67. The molecule has 146 valence electrons. The number of piperidine rings is 1. The van der Waals surface area contributed by atoms with Crippen LogP contribution >= 0.6 is 11.8 Å². The maximum Gasteiger partial charge on any atom is 0.322 e. The molecule has 2 saturated carbocycles. The van der Waals surface area contributed by atoms with E-state index in [2.05, 4.69) is 11.9 Å². The van der Waals surface area contributed by atoms with Gasteiger partial charge in [0, 0.05) is 22.4 Å². The Bertz CT molecular complexity index is 886. The second kappa shape index (κ2) is 6.53. The SMILES string of the molecule is COC(=O)C1(Sc2ccc(Oc3ccccc3)cc2)CC2N(C)C3CCC32C1. The van der Waals surface area contributed by atoms with Gasteiger partial charge in [-0.05, 0) is 69.1 Å². The lowest BCUT2D eigenvalue weighted by molar-refractivity contribution is -0.174. The van der Waals surface area contributed by atoms with Crippen molar-refractivity contribution < 1.29 is 14.3 Å². The minimum atomic E-state index is -0.481. The van der Waals surface area contributed by atoms with Crippen LogP contribution in [-0.4, -0.2) is 41.9 Å². The number of methoxy groups -OCH3 is 1. The van der Waals surface area contributed by atoms with Crippen molar-refractivity contribution in [3.8, 4) is 11.5 Å². The van der Waals surface area contributed by atoms with Gasteiger partial charge in [0.25, 0.3) is 0 Å². The Balaban J connectivity index is 1.35. The van der Waals surface area contributed by atoms with Crippen LogP contribution < -0.4 is 4.74 Å². The van der Waals surface area contributed by atoms with Crippen molar-refractivity contribution >= 4 is 17.7 Å². The fraction of sp³-hybridized carbons (Fsp3) is 0.435. The number of hydrogen-bond acceptors (Lipinski definition) is 5. The van der Waals surface area contributed by atoms with Crippen molar-refractivity contribution in [2.45, 2.75) is 47.4 Å². The summed E-state index contributed by atoms with van der Waals surface area (Å²) in [5.41, 5.74) is 0.340. The molecule has 0 bridgehead atoms. The third-order valence-corrected chi connectivity index (χ3v) is 8.38. The Morgan fingerprint density at radius 2 is 1.79 bits per heavy atom. The summed E-state index contributed by atoms with van der Waals surface area (Å²) in [4.78, 5) is 16.4. The number of likely N-dealkylation sites (tertiary alicyclic amines) is 1. The lowest BCUT2D eigenvalue weighted by Crippen LogP contribution is -2.73. The highest BCUT2D eigenvalue weighted by molar-refractivity contribution is 8.01. The van der Waals surface area contributed by atoms with Crippen molar-refractivity contribution in [1.82, 2.24) is 4.90 Å². The highest BCUT2D eigenvalue weighted by Gasteiger charge is 2.73. The molecule has 0 aromatic heterocycles. The standard InChI is InChI=1S/C23H25NO3S/c1-24-19-12-13-22(19)15-23(14-20(22)24,21(25)26-2)28-18-10-8-17(9-11-18)27-16-6-4-3-5-7-16/h3-11,19-20H,12-15H2,1-2H3. The molecule has 4 atom stereocenters. The van der Waals surface area contributed by atoms with Gasteiger partial charge in [0.05, 0.1) is 7.11 Å². The van der Waals surface area contributed by atoms with Gasteiger partial charge in [-0.15, -0.1) is 11.8 Å². The molecule has 5 heteroatoms. The Morgan fingerprint density at radius 1 is 1.07 bits per heavy atom. The van der Waals surface area contributed by atoms with Crippen LogP contribution in [-0.2, 0) is 9.53 Å². The summed E-state index contributed by atoms with van der Waals surface area (Å²) in [6.07, 6.45) is 4.31. The van der Waals surface area contributed by atoms with Gasteiger partial charge in [0.1, 0.15) is 16.2 Å². The van der Waals surface area contributed by atoms with Gasteiger partial charge in [-0.3, -0.25) is 9.69 Å². The molecule has 0 amide bonds. The number of carbonyl (C=O) groups excluding carboxylic acids is 1. The maximum atomic E-state index is 12.9. The van der Waals surface area contributed by atoms with Crippen LogP contribution in [0.2, 0.25) is 0 Å². The summed E-state index contributed by atoms with van der Waals surface area (Å²) in [5.74, 6) is 1.54. The van der Waals surface area contributed by atoms with E-state index in [4.69, 9.17) is 9.47 Å². The molecule has 2 aromatic rings. The smallest absolute Gasteiger partial charge is 0.322 e. The first-order valence-electron chi connectivity index (χ1n) is 9.89. The number of esters is 1. The normalized spacial score (nSPS) is 33.2. The van der Waals surface area contributed by atoms with Crippen molar-refractivity contribution in [2.75, 3.05) is 14.2 Å². The van der Waals surface area contributed by atoms with Gasteiger partial charge in [0.2, 0.25) is 0 Å². The minimum Gasteiger partial charge on any atom is -0.468 e. The monoisotopic (exact) mass is 395 g/mol. The Morgan fingerprint density at radius 3 is 2.39 bits per heavy atom. The first kappa shape index (κ1) is 18.1. The Labute approximate surface area is 170 Å². The van der Waals surface area contributed by atoms with Crippen molar-refractivity contribution in [3.05, 3.63) is 54.6 Å². The Hall–Kier alpha value is -1.98. The average Bonchev–Trinajstić information content (AvgIpc) is 3.05. The zero-order valence-electron chi connectivity index (χ0n) is 16.3. The molecule has 2 aliphatic carbocycles. The minimum absolute atomic E-state index is 0.0788. The second-order valence-corrected chi connectivity index (χ2v) is 9.78. The van der Waals surface area contributed by atoms with Gasteiger partial charge in [-0.25, -0.2) is 0 Å². The molecule has 28 heavy (non-hydrogen) atoms. The predicted octanol–water partition coefficient (Wildman–Crippen LogP) is 4.74. The van der Waals surface area contributed by atoms with Crippen LogP contribution in [0.15, 0.2) is 59.5 Å². The molecule has 1 saturated heterocycles. The summed E-state index contributed by atoms with van der Waals surface area (Å²) in [5, 5.41) is 0. The molecule has 3 aliphatic rings. The topological polar surface area (TPSA) is 38.8 Å². The zero-order chi connectivity index (χ0) is 19.4. The molecule has 0 N–H and O–H groups in total. The molecule has 1 aliphatic heterocycles. The molecular formula is C23H25NO3S. The first-order chi connectivity index (χ1) is 13.6. The van der Waals surface area contributed by atoms with Crippen LogP contribution in [0, 0.1) is 5.41 Å². The van der Waals surface area contributed by atoms with E-state index in [1.54, 1.807) is 11.8 Å². The van der Waals surface area contributed by atoms with E-state index in [1.807, 2.05) is 54.6 Å². The number of para-hydroxylation sites is 1. The quantitative estimate of drug-likeness (QED) is 0.684. The van der Waals surface area contributed by atoms with E-state index in [0.29, 0.717) is 17.5 Å². The van der Waals surface area contributed by atoms with Crippen LogP contribution in [0.1, 0.15) is 25.7 Å². The molecule has 4 unspecified atom stereocenters. The molecule has 2 aromatic carbocycles. The average molecular weight is 396 g/mol. The fourth-order valence-corrected chi connectivity index (χ4v) is 7.13. The summed E-state index contributed by atoms with van der Waals surface area (Å²) in [6, 6.07) is 19.0. The Kier molecular flexibility index (Phi) is 4.21. The molecule has 1 spiro atoms. The lowest BCUT2D eigenvalue weighted by Gasteiger charge is -2.67. The van der Waals surface area contributed by atoms with E-state index in [9.17, 15) is 4.79 Å². The van der Waals surface area contributed by atoms with Crippen LogP contribution in [0.4, 0.5) is 0 Å². The number of benzene rings is 2. The van der Waals surface area contributed by atoms with Gasteiger partial charge < -0.3 is 9.47 Å².